The molecule has 0 aliphatic rings. The number of hydrogen-bond donors (Lipinski definition) is 2. The first kappa shape index (κ1) is 8.66. The summed E-state index contributed by atoms with van der Waals surface area (Å²) in [6, 6.07) is -0.603. The van der Waals surface area contributed by atoms with Gasteiger partial charge in [-0.05, 0) is 6.42 Å². The van der Waals surface area contributed by atoms with Crippen molar-refractivity contribution in [1.82, 2.24) is 15.0 Å². The number of rotatable bonds is 4. The zero-order valence-electron chi connectivity index (χ0n) is 6.55. The van der Waals surface area contributed by atoms with Crippen LogP contribution in [-0.4, -0.2) is 26.9 Å². The first-order chi connectivity index (χ1) is 5.70. The summed E-state index contributed by atoms with van der Waals surface area (Å²) >= 11 is 0. The molecule has 1 heterocycles. The first-order valence-electron chi connectivity index (χ1n) is 3.59. The van der Waals surface area contributed by atoms with Crippen LogP contribution >= 0.6 is 0 Å². The summed E-state index contributed by atoms with van der Waals surface area (Å²) in [7, 11) is 0. The molecule has 1 atom stereocenters. The molecule has 1 aromatic heterocycles. The molecule has 0 aromatic carbocycles. The molecule has 1 aromatic rings. The van der Waals surface area contributed by atoms with Gasteiger partial charge in [0.15, 0.2) is 0 Å². The number of nitrogens with zero attached hydrogens (tertiary/aromatic N) is 3. The smallest absolute Gasteiger partial charge is 0.234 e. The van der Waals surface area contributed by atoms with E-state index >= 15 is 0 Å². The number of carbonyl (C=O) groups is 1. The molecule has 0 radical (unpaired) electrons. The highest BCUT2D eigenvalue weighted by Crippen LogP contribution is 1.91. The van der Waals surface area contributed by atoms with Gasteiger partial charge in [-0.2, -0.15) is 0 Å². The first-order valence-corrected chi connectivity index (χ1v) is 3.59. The van der Waals surface area contributed by atoms with Crippen LogP contribution in [0.3, 0.4) is 0 Å². The minimum absolute atomic E-state index is 0.485. The van der Waals surface area contributed by atoms with Crippen molar-refractivity contribution in [3.05, 3.63) is 12.4 Å². The van der Waals surface area contributed by atoms with Crippen molar-refractivity contribution in [1.29, 1.82) is 0 Å². The second-order valence-corrected chi connectivity index (χ2v) is 2.46. The lowest BCUT2D eigenvalue weighted by Crippen LogP contribution is -2.37. The molecule has 1 amide bonds. The van der Waals surface area contributed by atoms with Crippen LogP contribution in [0.1, 0.15) is 6.42 Å². The van der Waals surface area contributed by atoms with Crippen molar-refractivity contribution in [3.8, 4) is 0 Å². The van der Waals surface area contributed by atoms with E-state index in [-0.39, 0.29) is 0 Å². The SMILES string of the molecule is NC(=O)C(N)CCn1ccnn1. The topological polar surface area (TPSA) is 99.8 Å². The Morgan fingerprint density at radius 1 is 1.67 bits per heavy atom. The van der Waals surface area contributed by atoms with E-state index in [0.717, 1.165) is 0 Å². The van der Waals surface area contributed by atoms with Gasteiger partial charge in [0.2, 0.25) is 5.91 Å². The average molecular weight is 169 g/mol. The average Bonchev–Trinajstić information content (AvgIpc) is 2.51. The van der Waals surface area contributed by atoms with Gasteiger partial charge in [-0.3, -0.25) is 9.48 Å². The molecule has 66 valence electrons. The maximum atomic E-state index is 10.5. The number of amides is 1. The van der Waals surface area contributed by atoms with E-state index in [1.165, 1.54) is 0 Å². The monoisotopic (exact) mass is 169 g/mol. The van der Waals surface area contributed by atoms with Gasteiger partial charge in [0.05, 0.1) is 12.2 Å². The molecule has 0 aliphatic carbocycles. The summed E-state index contributed by atoms with van der Waals surface area (Å²) in [6.07, 6.45) is 3.75. The van der Waals surface area contributed by atoms with Crippen LogP contribution in [0.2, 0.25) is 0 Å². The Labute approximate surface area is 69.5 Å². The molecular weight excluding hydrogens is 158 g/mol. The van der Waals surface area contributed by atoms with E-state index in [1.807, 2.05) is 0 Å². The van der Waals surface area contributed by atoms with Crippen LogP contribution in [0.25, 0.3) is 0 Å². The van der Waals surface area contributed by atoms with Gasteiger partial charge in [-0.25, -0.2) is 0 Å². The predicted molar refractivity (Wildman–Crippen MR) is 41.8 cm³/mol. The summed E-state index contributed by atoms with van der Waals surface area (Å²) in [5.74, 6) is -0.491. The zero-order valence-corrected chi connectivity index (χ0v) is 6.55. The molecule has 6 nitrogen and oxygen atoms in total. The van der Waals surface area contributed by atoms with Crippen molar-refractivity contribution in [2.75, 3.05) is 0 Å². The highest BCUT2D eigenvalue weighted by molar-refractivity contribution is 5.79. The lowest BCUT2D eigenvalue weighted by Gasteiger charge is -2.05. The van der Waals surface area contributed by atoms with Crippen molar-refractivity contribution in [3.63, 3.8) is 0 Å². The number of aryl methyl sites for hydroxylation is 1. The van der Waals surface area contributed by atoms with E-state index in [2.05, 4.69) is 10.3 Å². The second-order valence-electron chi connectivity index (χ2n) is 2.46. The number of primary amides is 1. The van der Waals surface area contributed by atoms with Gasteiger partial charge in [-0.15, -0.1) is 5.10 Å². The highest BCUT2D eigenvalue weighted by atomic mass is 16.1. The molecule has 0 saturated carbocycles. The number of hydrogen-bond acceptors (Lipinski definition) is 4. The second kappa shape index (κ2) is 3.82. The van der Waals surface area contributed by atoms with Crippen molar-refractivity contribution in [2.24, 2.45) is 11.5 Å². The van der Waals surface area contributed by atoms with Crippen LogP contribution < -0.4 is 11.5 Å². The largest absolute Gasteiger partial charge is 0.368 e. The van der Waals surface area contributed by atoms with Gasteiger partial charge < -0.3 is 11.5 Å². The fraction of sp³-hybridized carbons (Fsp3) is 0.500. The molecule has 0 bridgehead atoms. The number of carbonyl (C=O) groups excluding carboxylic acids is 1. The van der Waals surface area contributed by atoms with Crippen LogP contribution in [0.15, 0.2) is 12.4 Å². The minimum atomic E-state index is -0.603. The maximum absolute atomic E-state index is 10.5. The van der Waals surface area contributed by atoms with Crippen LogP contribution in [0.4, 0.5) is 0 Å². The standard InChI is InChI=1S/C6H11N5O/c7-5(6(8)12)1-3-11-4-2-9-10-11/h2,4-5H,1,3,7H2,(H2,8,12). The predicted octanol–water partition coefficient (Wildman–Crippen LogP) is -1.52. The molecule has 1 unspecified atom stereocenters. The highest BCUT2D eigenvalue weighted by Gasteiger charge is 2.08. The number of nitrogens with two attached hydrogens (primary N) is 2. The van der Waals surface area contributed by atoms with Crippen LogP contribution in [-0.2, 0) is 11.3 Å². The van der Waals surface area contributed by atoms with E-state index in [4.69, 9.17) is 11.5 Å². The van der Waals surface area contributed by atoms with Crippen molar-refractivity contribution in [2.45, 2.75) is 19.0 Å². The summed E-state index contributed by atoms with van der Waals surface area (Å²) in [4.78, 5) is 10.5. The Balaban J connectivity index is 2.31. The fourth-order valence-electron chi connectivity index (χ4n) is 0.766. The summed E-state index contributed by atoms with van der Waals surface area (Å²) in [5, 5.41) is 7.31. The Morgan fingerprint density at radius 2 is 2.42 bits per heavy atom. The van der Waals surface area contributed by atoms with Gasteiger partial charge in [-0.1, -0.05) is 5.21 Å². The molecule has 0 saturated heterocycles. The zero-order chi connectivity index (χ0) is 8.97. The third-order valence-corrected chi connectivity index (χ3v) is 1.51. The van der Waals surface area contributed by atoms with Crippen LogP contribution in [0, 0.1) is 0 Å². The molecular formula is C6H11N5O. The minimum Gasteiger partial charge on any atom is -0.368 e. The van der Waals surface area contributed by atoms with E-state index in [9.17, 15) is 4.79 Å². The van der Waals surface area contributed by atoms with Gasteiger partial charge in [0.1, 0.15) is 0 Å². The van der Waals surface area contributed by atoms with Gasteiger partial charge in [0, 0.05) is 12.7 Å². The maximum Gasteiger partial charge on any atom is 0.234 e. The van der Waals surface area contributed by atoms with Crippen molar-refractivity contribution >= 4 is 5.91 Å². The lowest BCUT2D eigenvalue weighted by molar-refractivity contribution is -0.119. The molecule has 0 aliphatic heterocycles. The molecule has 6 heteroatoms. The fourth-order valence-corrected chi connectivity index (χ4v) is 0.766. The lowest BCUT2D eigenvalue weighted by atomic mass is 10.2. The molecule has 0 spiro atoms. The third kappa shape index (κ3) is 2.31. The molecule has 4 N–H and O–H groups in total. The summed E-state index contributed by atoms with van der Waals surface area (Å²) < 4.78 is 1.60. The van der Waals surface area contributed by atoms with E-state index in [0.29, 0.717) is 13.0 Å². The Hall–Kier alpha value is -1.43. The Kier molecular flexibility index (Phi) is 2.76. The quantitative estimate of drug-likeness (QED) is 0.571. The molecule has 12 heavy (non-hydrogen) atoms. The molecule has 0 fully saturated rings. The van der Waals surface area contributed by atoms with Gasteiger partial charge >= 0.3 is 0 Å². The Bertz CT molecular complexity index is 244. The summed E-state index contributed by atoms with van der Waals surface area (Å²) in [6.45, 7) is 0.560. The summed E-state index contributed by atoms with van der Waals surface area (Å²) in [5.41, 5.74) is 10.4. The van der Waals surface area contributed by atoms with E-state index < -0.39 is 11.9 Å². The van der Waals surface area contributed by atoms with Crippen LogP contribution in [0.5, 0.6) is 0 Å². The number of aromatic nitrogens is 3. The van der Waals surface area contributed by atoms with E-state index in [1.54, 1.807) is 17.1 Å². The Morgan fingerprint density at radius 3 is 2.92 bits per heavy atom. The molecule has 1 rings (SSSR count). The third-order valence-electron chi connectivity index (χ3n) is 1.51. The normalized spacial score (nSPS) is 12.8. The van der Waals surface area contributed by atoms with Crippen molar-refractivity contribution < 1.29 is 4.79 Å². The van der Waals surface area contributed by atoms with Gasteiger partial charge in [0.25, 0.3) is 0 Å².